The van der Waals surface area contributed by atoms with Gasteiger partial charge in [-0.05, 0) is 12.2 Å². The molecule has 3 heterocycles. The number of hydrogen-bond acceptors (Lipinski definition) is 6. The Hall–Kier alpha value is 0.270. The van der Waals surface area contributed by atoms with E-state index in [0.717, 1.165) is 51.9 Å². The highest BCUT2D eigenvalue weighted by Gasteiger charge is 2.40. The van der Waals surface area contributed by atoms with Crippen molar-refractivity contribution in [2.24, 2.45) is 4.99 Å². The largest absolute Gasteiger partial charge is 0.379 e. The number of rotatable bonds is 3. The maximum Gasteiger partial charge on any atom is 0.193 e. The first-order valence-electron chi connectivity index (χ1n) is 7.20. The van der Waals surface area contributed by atoms with Gasteiger partial charge in [0, 0.05) is 44.5 Å². The van der Waals surface area contributed by atoms with E-state index in [0.29, 0.717) is 5.54 Å². The first kappa shape index (κ1) is 16.6. The summed E-state index contributed by atoms with van der Waals surface area (Å²) in [7, 11) is 2.11. The van der Waals surface area contributed by atoms with Crippen LogP contribution in [-0.4, -0.2) is 85.8 Å². The number of morpholine rings is 1. The molecule has 5 nitrogen and oxygen atoms in total. The highest BCUT2D eigenvalue weighted by atomic mass is 127. The molecule has 3 aliphatic rings. The van der Waals surface area contributed by atoms with E-state index in [1.807, 2.05) is 0 Å². The summed E-state index contributed by atoms with van der Waals surface area (Å²) in [6.07, 6.45) is 1.28. The van der Waals surface area contributed by atoms with Gasteiger partial charge < -0.3 is 15.0 Å². The molecule has 7 heteroatoms. The fourth-order valence-corrected chi connectivity index (χ4v) is 4.58. The Morgan fingerprint density at radius 2 is 2.15 bits per heavy atom. The minimum Gasteiger partial charge on any atom is -0.379 e. The van der Waals surface area contributed by atoms with Crippen LogP contribution in [0.1, 0.15) is 6.42 Å². The minimum absolute atomic E-state index is 0. The molecule has 1 atom stereocenters. The molecule has 2 fully saturated rings. The number of ether oxygens (including phenoxy) is 1. The molecule has 2 saturated heterocycles. The van der Waals surface area contributed by atoms with E-state index in [4.69, 9.17) is 4.74 Å². The van der Waals surface area contributed by atoms with Crippen molar-refractivity contribution in [1.29, 1.82) is 0 Å². The molecule has 1 N–H and O–H groups in total. The zero-order valence-corrected chi connectivity index (χ0v) is 15.3. The van der Waals surface area contributed by atoms with E-state index in [1.165, 1.54) is 17.9 Å². The Bertz CT molecular complexity index is 343. The summed E-state index contributed by atoms with van der Waals surface area (Å²) >= 11 is 2.08. The lowest BCUT2D eigenvalue weighted by Gasteiger charge is -2.43. The molecule has 0 aromatic rings. The van der Waals surface area contributed by atoms with E-state index in [1.54, 1.807) is 0 Å². The summed E-state index contributed by atoms with van der Waals surface area (Å²) in [4.78, 5) is 9.39. The van der Waals surface area contributed by atoms with Crippen LogP contribution in [0.3, 0.4) is 0 Å². The lowest BCUT2D eigenvalue weighted by Crippen LogP contribution is -2.59. The molecular weight excluding hydrogens is 387 g/mol. The average molecular weight is 412 g/mol. The quantitative estimate of drug-likeness (QED) is 0.692. The summed E-state index contributed by atoms with van der Waals surface area (Å²) in [5.41, 5.74) is 0.306. The van der Waals surface area contributed by atoms with Crippen molar-refractivity contribution in [2.75, 3.05) is 64.5 Å². The number of hydrogen-bond donors (Lipinski definition) is 1. The second-order valence-electron chi connectivity index (χ2n) is 5.61. The van der Waals surface area contributed by atoms with Gasteiger partial charge in [-0.1, -0.05) is 0 Å². The zero-order chi connectivity index (χ0) is 13.1. The number of likely N-dealkylation sites (N-methyl/N-ethyl adjacent to an activating group) is 1. The van der Waals surface area contributed by atoms with E-state index >= 15 is 0 Å². The van der Waals surface area contributed by atoms with Gasteiger partial charge in [-0.15, -0.1) is 24.0 Å². The average Bonchev–Trinajstić information content (AvgIpc) is 3.07. The van der Waals surface area contributed by atoms with Gasteiger partial charge in [0.1, 0.15) is 0 Å². The predicted octanol–water partition coefficient (Wildman–Crippen LogP) is 0.703. The Morgan fingerprint density at radius 3 is 2.75 bits per heavy atom. The van der Waals surface area contributed by atoms with Crippen molar-refractivity contribution in [1.82, 2.24) is 15.1 Å². The van der Waals surface area contributed by atoms with Crippen LogP contribution in [0.2, 0.25) is 0 Å². The number of thioether (sulfide) groups is 1. The summed E-state index contributed by atoms with van der Waals surface area (Å²) in [5.74, 6) is 3.59. The normalized spacial score (nSPS) is 31.1. The molecule has 1 unspecified atom stereocenters. The van der Waals surface area contributed by atoms with Crippen molar-refractivity contribution in [3.8, 4) is 0 Å². The molecule has 3 aliphatic heterocycles. The van der Waals surface area contributed by atoms with Crippen molar-refractivity contribution >= 4 is 41.7 Å². The monoisotopic (exact) mass is 412 g/mol. The van der Waals surface area contributed by atoms with Gasteiger partial charge in [-0.2, -0.15) is 11.8 Å². The summed E-state index contributed by atoms with van der Waals surface area (Å²) in [6, 6.07) is 0. The lowest BCUT2D eigenvalue weighted by atomic mass is 9.95. The molecule has 0 spiro atoms. The van der Waals surface area contributed by atoms with Crippen LogP contribution in [-0.2, 0) is 4.74 Å². The van der Waals surface area contributed by atoms with Gasteiger partial charge >= 0.3 is 0 Å². The smallest absolute Gasteiger partial charge is 0.193 e. The van der Waals surface area contributed by atoms with Crippen LogP contribution in [0.25, 0.3) is 0 Å². The first-order valence-corrected chi connectivity index (χ1v) is 8.36. The highest BCUT2D eigenvalue weighted by Crippen LogP contribution is 2.33. The number of nitrogens with one attached hydrogen (secondary N) is 1. The second kappa shape index (κ2) is 7.51. The molecule has 0 radical (unpaired) electrons. The minimum atomic E-state index is 0. The first-order chi connectivity index (χ1) is 9.30. The van der Waals surface area contributed by atoms with Gasteiger partial charge in [0.15, 0.2) is 5.96 Å². The fourth-order valence-electron chi connectivity index (χ4n) is 3.10. The van der Waals surface area contributed by atoms with Gasteiger partial charge in [0.2, 0.25) is 0 Å². The van der Waals surface area contributed by atoms with Crippen LogP contribution in [0.5, 0.6) is 0 Å². The van der Waals surface area contributed by atoms with Gasteiger partial charge in [0.05, 0.1) is 19.8 Å². The Morgan fingerprint density at radius 1 is 1.35 bits per heavy atom. The van der Waals surface area contributed by atoms with Crippen molar-refractivity contribution in [3.63, 3.8) is 0 Å². The fraction of sp³-hybridized carbons (Fsp3) is 0.923. The van der Waals surface area contributed by atoms with Crippen LogP contribution in [0.15, 0.2) is 4.99 Å². The molecule has 0 amide bonds. The lowest BCUT2D eigenvalue weighted by molar-refractivity contribution is -0.0121. The molecule has 0 aliphatic carbocycles. The van der Waals surface area contributed by atoms with Crippen LogP contribution in [0, 0.1) is 0 Å². The molecule has 0 bridgehead atoms. The van der Waals surface area contributed by atoms with Crippen LogP contribution >= 0.6 is 35.7 Å². The number of guanidine groups is 1. The standard InChI is InChI=1S/C13H24N4OS.HI/c1-16-4-3-14-12(16)15-10-13(2-9-19-11-13)17-5-7-18-8-6-17;/h2-11H2,1H3,(H,14,15);1H. The van der Waals surface area contributed by atoms with E-state index in [-0.39, 0.29) is 24.0 Å². The van der Waals surface area contributed by atoms with Crippen molar-refractivity contribution in [2.45, 2.75) is 12.0 Å². The second-order valence-corrected chi connectivity index (χ2v) is 6.71. The van der Waals surface area contributed by atoms with Crippen molar-refractivity contribution < 1.29 is 4.74 Å². The summed E-state index contributed by atoms with van der Waals surface area (Å²) in [5, 5.41) is 3.59. The van der Waals surface area contributed by atoms with Crippen molar-refractivity contribution in [3.05, 3.63) is 0 Å². The molecule has 0 saturated carbocycles. The Balaban J connectivity index is 0.00000147. The molecule has 20 heavy (non-hydrogen) atoms. The third-order valence-corrected chi connectivity index (χ3v) is 5.63. The maximum atomic E-state index is 5.50. The third kappa shape index (κ3) is 3.53. The van der Waals surface area contributed by atoms with E-state index in [2.05, 4.69) is 38.9 Å². The summed E-state index contributed by atoms with van der Waals surface area (Å²) < 4.78 is 5.50. The van der Waals surface area contributed by atoms with Gasteiger partial charge in [-0.25, -0.2) is 0 Å². The van der Waals surface area contributed by atoms with Gasteiger partial charge in [0.25, 0.3) is 0 Å². The van der Waals surface area contributed by atoms with E-state index < -0.39 is 0 Å². The predicted molar refractivity (Wildman–Crippen MR) is 95.4 cm³/mol. The van der Waals surface area contributed by atoms with Crippen LogP contribution in [0.4, 0.5) is 0 Å². The maximum absolute atomic E-state index is 5.50. The molecule has 3 rings (SSSR count). The topological polar surface area (TPSA) is 40.1 Å². The number of aliphatic imine (C=N–C) groups is 1. The van der Waals surface area contributed by atoms with E-state index in [9.17, 15) is 0 Å². The van der Waals surface area contributed by atoms with Gasteiger partial charge in [-0.3, -0.25) is 9.89 Å². The zero-order valence-electron chi connectivity index (χ0n) is 12.1. The molecule has 116 valence electrons. The number of halogens is 1. The SMILES string of the molecule is CN1CCN=C1NCC1(N2CCOCC2)CCSC1.I. The molecule has 0 aromatic heterocycles. The molecule has 0 aromatic carbocycles. The Labute approximate surface area is 142 Å². The number of nitrogens with zero attached hydrogens (tertiary/aromatic N) is 3. The summed E-state index contributed by atoms with van der Waals surface area (Å²) in [6.45, 7) is 6.90. The van der Waals surface area contributed by atoms with Crippen LogP contribution < -0.4 is 5.32 Å². The highest BCUT2D eigenvalue weighted by molar-refractivity contribution is 14.0. The molecular formula is C13H25IN4OS. The third-order valence-electron chi connectivity index (χ3n) is 4.40. The Kier molecular flexibility index (Phi) is 6.25.